The quantitative estimate of drug-likeness (QED) is 0.0666. The van der Waals surface area contributed by atoms with Crippen molar-refractivity contribution in [3.63, 3.8) is 0 Å². The van der Waals surface area contributed by atoms with E-state index in [4.69, 9.17) is 23.7 Å². The first kappa shape index (κ1) is 47.1. The minimum atomic E-state index is -4.70. The fraction of sp³-hybridized carbons (Fsp3) is 0.467. The third-order valence-corrected chi connectivity index (χ3v) is 11.2. The highest BCUT2D eigenvalue weighted by molar-refractivity contribution is 14.1. The molecule has 0 unspecified atom stereocenters. The zero-order valence-electron chi connectivity index (χ0n) is 34.9. The summed E-state index contributed by atoms with van der Waals surface area (Å²) >= 11 is 2.25. The van der Waals surface area contributed by atoms with Crippen molar-refractivity contribution in [3.05, 3.63) is 105 Å². The van der Waals surface area contributed by atoms with Crippen molar-refractivity contribution < 1.29 is 57.0 Å². The van der Waals surface area contributed by atoms with Gasteiger partial charge in [-0.2, -0.15) is 13.2 Å². The zero-order valence-corrected chi connectivity index (χ0v) is 37.0. The van der Waals surface area contributed by atoms with E-state index < -0.39 is 60.7 Å². The van der Waals surface area contributed by atoms with Crippen molar-refractivity contribution in [2.75, 3.05) is 57.4 Å². The first-order valence-electron chi connectivity index (χ1n) is 20.6. The summed E-state index contributed by atoms with van der Waals surface area (Å²) in [6.45, 7) is 10.3. The van der Waals surface area contributed by atoms with Crippen LogP contribution in [0.25, 0.3) is 0 Å². The van der Waals surface area contributed by atoms with Crippen LogP contribution >= 0.6 is 22.6 Å². The number of pyridine rings is 1. The van der Waals surface area contributed by atoms with Gasteiger partial charge in [-0.25, -0.2) is 9.78 Å². The average Bonchev–Trinajstić information content (AvgIpc) is 3.23. The van der Waals surface area contributed by atoms with Crippen molar-refractivity contribution in [1.29, 1.82) is 0 Å². The summed E-state index contributed by atoms with van der Waals surface area (Å²) < 4.78 is 70.0. The Kier molecular flexibility index (Phi) is 16.2. The Labute approximate surface area is 373 Å². The van der Waals surface area contributed by atoms with Crippen LogP contribution in [0.1, 0.15) is 56.5 Å². The van der Waals surface area contributed by atoms with E-state index in [1.54, 1.807) is 12.1 Å². The number of carbonyl (C=O) groups excluding carboxylic acids is 1. The number of anilines is 1. The van der Waals surface area contributed by atoms with Crippen LogP contribution in [0.2, 0.25) is 0 Å². The summed E-state index contributed by atoms with van der Waals surface area (Å²) in [6.07, 6.45) is -9.15. The smallest absolute Gasteiger partial charge is 0.433 e. The second-order valence-electron chi connectivity index (χ2n) is 16.2. The lowest BCUT2D eigenvalue weighted by Gasteiger charge is -2.42. The molecule has 2 saturated heterocycles. The van der Waals surface area contributed by atoms with E-state index in [1.165, 1.54) is 6.07 Å². The minimum Gasteiger partial charge on any atom is -0.494 e. The van der Waals surface area contributed by atoms with Crippen molar-refractivity contribution >= 4 is 34.4 Å². The van der Waals surface area contributed by atoms with E-state index in [0.29, 0.717) is 30.9 Å². The number of aliphatic hydroxyl groups is 3. The molecule has 0 saturated carbocycles. The minimum absolute atomic E-state index is 0.384. The van der Waals surface area contributed by atoms with Crippen molar-refractivity contribution in [3.8, 4) is 23.1 Å². The molecule has 4 N–H and O–H groups in total. The highest BCUT2D eigenvalue weighted by Gasteiger charge is 2.47. The van der Waals surface area contributed by atoms with Crippen molar-refractivity contribution in [1.82, 2.24) is 15.2 Å². The van der Waals surface area contributed by atoms with Gasteiger partial charge in [-0.3, -0.25) is 4.90 Å². The molecule has 3 aromatic carbocycles. The number of nitrogens with one attached hydrogen (secondary N) is 1. The molecule has 0 bridgehead atoms. The van der Waals surface area contributed by atoms with Crippen LogP contribution in [0.4, 0.5) is 23.7 Å². The third-order valence-electron chi connectivity index (χ3n) is 10.4. The SMILES string of the molecule is CC(C)(C)OC(=O)NCCc1ccc(Oc2ccc(OCCCCN3CCN(c4ccc([C@H]5O[C@H](CO)[C@H](O)[C@H](O)[C@H]5Oc5cccc(C(F)(F)F)n5)cc4)CC3)cc2)c(I)c1. The van der Waals surface area contributed by atoms with E-state index in [2.05, 4.69) is 42.7 Å². The predicted octanol–water partition coefficient (Wildman–Crippen LogP) is 7.15. The van der Waals surface area contributed by atoms with Crippen LogP contribution in [-0.2, 0) is 22.1 Å². The number of piperazine rings is 1. The van der Waals surface area contributed by atoms with E-state index in [-0.39, 0.29) is 5.88 Å². The maximum absolute atomic E-state index is 13.3. The van der Waals surface area contributed by atoms with Crippen LogP contribution in [0, 0.1) is 3.57 Å². The largest absolute Gasteiger partial charge is 0.494 e. The fourth-order valence-electron chi connectivity index (χ4n) is 7.14. The lowest BCUT2D eigenvalue weighted by molar-refractivity contribution is -0.226. The lowest BCUT2D eigenvalue weighted by Crippen LogP contribution is -2.57. The van der Waals surface area contributed by atoms with Gasteiger partial charge < -0.3 is 49.2 Å². The second-order valence-corrected chi connectivity index (χ2v) is 17.4. The number of aromatic nitrogens is 1. The van der Waals surface area contributed by atoms with E-state index >= 15 is 0 Å². The summed E-state index contributed by atoms with van der Waals surface area (Å²) in [7, 11) is 0. The molecule has 1 aromatic heterocycles. The number of nitrogens with zero attached hydrogens (tertiary/aromatic N) is 3. The molecule has 2 aliphatic heterocycles. The molecule has 62 heavy (non-hydrogen) atoms. The molecule has 2 fully saturated rings. The molecule has 1 amide bonds. The molecule has 4 aromatic rings. The molecule has 6 rings (SSSR count). The number of alkyl halides is 3. The Morgan fingerprint density at radius 2 is 1.63 bits per heavy atom. The van der Waals surface area contributed by atoms with E-state index in [9.17, 15) is 33.3 Å². The van der Waals surface area contributed by atoms with Gasteiger partial charge >= 0.3 is 12.3 Å². The number of aliphatic hydroxyl groups excluding tert-OH is 3. The Bertz CT molecular complexity index is 2050. The first-order chi connectivity index (χ1) is 29.6. The van der Waals surface area contributed by atoms with Gasteiger partial charge in [-0.1, -0.05) is 24.3 Å². The van der Waals surface area contributed by atoms with Gasteiger partial charge in [-0.15, -0.1) is 0 Å². The second kappa shape index (κ2) is 21.3. The number of hydrogen-bond donors (Lipinski definition) is 4. The fourth-order valence-corrected chi connectivity index (χ4v) is 7.83. The van der Waals surface area contributed by atoms with E-state index in [0.717, 1.165) is 84.0 Å². The van der Waals surface area contributed by atoms with Gasteiger partial charge in [0.15, 0.2) is 6.10 Å². The Hall–Kier alpha value is -4.40. The number of hydrogen-bond acceptors (Lipinski definition) is 12. The topological polar surface area (TPSA) is 155 Å². The Morgan fingerprint density at radius 3 is 2.29 bits per heavy atom. The molecule has 2 aliphatic rings. The molecule has 17 heteroatoms. The number of rotatable bonds is 16. The number of benzene rings is 3. The Balaban J connectivity index is 0.906. The molecular formula is C45H54F3IN4O9. The molecule has 336 valence electrons. The number of unbranched alkanes of at least 4 members (excludes halogenated alkanes) is 1. The molecule has 13 nitrogen and oxygen atoms in total. The number of ether oxygens (including phenoxy) is 5. The monoisotopic (exact) mass is 978 g/mol. The normalized spacial score (nSPS) is 21.0. The summed E-state index contributed by atoms with van der Waals surface area (Å²) in [5.41, 5.74) is 0.912. The molecule has 3 heterocycles. The lowest BCUT2D eigenvalue weighted by atomic mass is 9.91. The predicted molar refractivity (Wildman–Crippen MR) is 234 cm³/mol. The van der Waals surface area contributed by atoms with Gasteiger partial charge in [0.05, 0.1) is 16.8 Å². The van der Waals surface area contributed by atoms with Gasteiger partial charge in [0, 0.05) is 44.5 Å². The highest BCUT2D eigenvalue weighted by Crippen LogP contribution is 2.37. The van der Waals surface area contributed by atoms with Crippen LogP contribution in [-0.4, -0.2) is 114 Å². The maximum Gasteiger partial charge on any atom is 0.433 e. The summed E-state index contributed by atoms with van der Waals surface area (Å²) in [5.74, 6) is 1.83. The number of halogens is 4. The van der Waals surface area contributed by atoms with Crippen molar-refractivity contribution in [2.45, 2.75) is 82.3 Å². The third kappa shape index (κ3) is 13.3. The van der Waals surface area contributed by atoms with Crippen LogP contribution in [0.15, 0.2) is 84.9 Å². The number of alkyl carbamates (subject to hydrolysis) is 1. The molecule has 0 spiro atoms. The zero-order chi connectivity index (χ0) is 44.4. The molecule has 0 aliphatic carbocycles. The summed E-state index contributed by atoms with van der Waals surface area (Å²) in [5, 5.41) is 34.1. The standard InChI is InChI=1S/C45H54F3IN4O9/c1-44(2,3)62-43(57)50-20-19-29-9-18-35(34(49)27-29)59-33-16-14-32(15-17-33)58-26-5-4-21-52-22-24-53(25-23-52)31-12-10-30(11-13-31)41-42(40(56)39(55)36(28-54)60-41)61-38-8-6-7-37(51-38)45(46,47)48/h6-18,27,36,39-42,54-56H,4-5,19-26,28H2,1-3H3,(H,50,57)/t36-,39+,40+,41-,42-/m1/s1. The number of carbonyl (C=O) groups is 1. The van der Waals surface area contributed by atoms with Gasteiger partial charge in [0.25, 0.3) is 0 Å². The molecular weight excluding hydrogens is 924 g/mol. The summed E-state index contributed by atoms with van der Waals surface area (Å²) in [4.78, 5) is 20.1. The van der Waals surface area contributed by atoms with Crippen LogP contribution in [0.3, 0.4) is 0 Å². The Morgan fingerprint density at radius 1 is 0.919 bits per heavy atom. The molecule has 0 radical (unpaired) electrons. The van der Waals surface area contributed by atoms with Crippen molar-refractivity contribution in [2.24, 2.45) is 0 Å². The molecule has 5 atom stereocenters. The van der Waals surface area contributed by atoms with Crippen LogP contribution < -0.4 is 24.4 Å². The van der Waals surface area contributed by atoms with Gasteiger partial charge in [0.1, 0.15) is 53.0 Å². The van der Waals surface area contributed by atoms with Crippen LogP contribution in [0.5, 0.6) is 23.1 Å². The average molecular weight is 979 g/mol. The van der Waals surface area contributed by atoms with E-state index in [1.807, 2.05) is 75.4 Å². The van der Waals surface area contributed by atoms with Gasteiger partial charge in [-0.05, 0) is 135 Å². The maximum atomic E-state index is 13.3. The van der Waals surface area contributed by atoms with Gasteiger partial charge in [0.2, 0.25) is 5.88 Å². The number of amides is 1. The first-order valence-corrected chi connectivity index (χ1v) is 21.7. The highest BCUT2D eigenvalue weighted by atomic mass is 127. The summed E-state index contributed by atoms with van der Waals surface area (Å²) in [6, 6.07) is 24.1.